The van der Waals surface area contributed by atoms with Gasteiger partial charge in [-0.1, -0.05) is 31.9 Å². The van der Waals surface area contributed by atoms with Crippen LogP contribution in [0.15, 0.2) is 47.3 Å². The van der Waals surface area contributed by atoms with Crippen LogP contribution in [-0.2, 0) is 6.54 Å². The summed E-state index contributed by atoms with van der Waals surface area (Å²) in [7, 11) is 3.58. The van der Waals surface area contributed by atoms with E-state index in [0.29, 0.717) is 28.7 Å². The number of carbonyl (C=O) groups excluding carboxylic acids is 1. The van der Waals surface area contributed by atoms with Gasteiger partial charge in [-0.05, 0) is 67.5 Å². The smallest absolute Gasteiger partial charge is 0.335 e. The molecule has 184 valence electrons. The third-order valence-electron chi connectivity index (χ3n) is 5.84. The van der Waals surface area contributed by atoms with Crippen LogP contribution in [0.2, 0.25) is 0 Å². The number of allylic oxidation sites excluding steroid dienone is 1. The number of aromatic nitrogens is 1. The number of nitrogens with zero attached hydrogens (tertiary/aromatic N) is 1. The number of H-pyrrole nitrogens is 1. The first-order valence-corrected chi connectivity index (χ1v) is 11.5. The molecule has 0 aliphatic heterocycles. The number of carboxylic acid groups (broad SMARTS) is 1. The Balaban J connectivity index is 1.91. The van der Waals surface area contributed by atoms with Gasteiger partial charge >= 0.3 is 5.97 Å². The third-order valence-corrected chi connectivity index (χ3v) is 5.84. The Hall–Kier alpha value is -3.78. The van der Waals surface area contributed by atoms with Crippen LogP contribution < -0.4 is 10.9 Å². The summed E-state index contributed by atoms with van der Waals surface area (Å²) < 4.78 is 13.9. The van der Waals surface area contributed by atoms with Crippen LogP contribution in [0.5, 0.6) is 0 Å². The van der Waals surface area contributed by atoms with Crippen LogP contribution in [0.25, 0.3) is 17.0 Å². The monoisotopic (exact) mass is 479 g/mol. The first-order valence-electron chi connectivity index (χ1n) is 11.5. The van der Waals surface area contributed by atoms with Crippen LogP contribution >= 0.6 is 0 Å². The molecule has 0 aliphatic carbocycles. The predicted molar refractivity (Wildman–Crippen MR) is 137 cm³/mol. The van der Waals surface area contributed by atoms with Gasteiger partial charge in [0, 0.05) is 19.0 Å². The molecule has 0 saturated carbocycles. The molecule has 0 aliphatic rings. The fraction of sp³-hybridized carbons (Fsp3) is 0.296. The van der Waals surface area contributed by atoms with Crippen molar-refractivity contribution in [3.05, 3.63) is 80.9 Å². The van der Waals surface area contributed by atoms with Crippen LogP contribution in [0.3, 0.4) is 0 Å². The number of rotatable bonds is 11. The highest BCUT2D eigenvalue weighted by molar-refractivity contribution is 6.08. The Bertz CT molecular complexity index is 1330. The van der Waals surface area contributed by atoms with E-state index in [0.717, 1.165) is 31.4 Å². The van der Waals surface area contributed by atoms with Crippen molar-refractivity contribution in [3.63, 3.8) is 0 Å². The Morgan fingerprint density at radius 3 is 2.63 bits per heavy atom. The number of fused-ring (bicyclic) bond motifs is 1. The van der Waals surface area contributed by atoms with Gasteiger partial charge in [-0.15, -0.1) is 0 Å². The van der Waals surface area contributed by atoms with Gasteiger partial charge in [0.2, 0.25) is 0 Å². The fourth-order valence-electron chi connectivity index (χ4n) is 3.96. The molecule has 8 heteroatoms. The van der Waals surface area contributed by atoms with Crippen molar-refractivity contribution in [2.45, 2.75) is 32.7 Å². The second-order valence-electron chi connectivity index (χ2n) is 8.54. The average Bonchev–Trinajstić information content (AvgIpc) is 2.82. The SMILES string of the molecule is CCCCCN(C)Cc1cc(C(=O)O)ccc1/C=C/C(=O)c1cc2cc(F)cc(NC)c2[nH]c1=O. The molecule has 0 atom stereocenters. The zero-order valence-corrected chi connectivity index (χ0v) is 20.2. The van der Waals surface area contributed by atoms with Crippen LogP contribution in [0.1, 0.15) is 58.0 Å². The molecule has 1 aromatic heterocycles. The molecule has 0 amide bonds. The van der Waals surface area contributed by atoms with E-state index >= 15 is 0 Å². The number of nitrogens with one attached hydrogen (secondary N) is 2. The molecule has 35 heavy (non-hydrogen) atoms. The summed E-state index contributed by atoms with van der Waals surface area (Å²) in [6.07, 6.45) is 6.12. The molecule has 7 nitrogen and oxygen atoms in total. The quantitative estimate of drug-likeness (QED) is 0.205. The fourth-order valence-corrected chi connectivity index (χ4v) is 3.96. The number of aromatic amines is 1. The minimum atomic E-state index is -1.03. The van der Waals surface area contributed by atoms with E-state index in [9.17, 15) is 23.9 Å². The minimum absolute atomic E-state index is 0.109. The van der Waals surface area contributed by atoms with Gasteiger partial charge in [0.25, 0.3) is 5.56 Å². The highest BCUT2D eigenvalue weighted by atomic mass is 19.1. The summed E-state index contributed by atoms with van der Waals surface area (Å²) in [5.41, 5.74) is 1.76. The number of anilines is 1. The maximum Gasteiger partial charge on any atom is 0.335 e. The van der Waals surface area contributed by atoms with Crippen molar-refractivity contribution in [1.29, 1.82) is 0 Å². The van der Waals surface area contributed by atoms with E-state index in [1.54, 1.807) is 25.3 Å². The maximum atomic E-state index is 13.9. The normalized spacial score (nSPS) is 11.5. The lowest BCUT2D eigenvalue weighted by atomic mass is 10.0. The molecule has 0 unspecified atom stereocenters. The number of pyridine rings is 1. The Labute approximate surface area is 203 Å². The Kier molecular flexibility index (Phi) is 8.54. The number of carbonyl (C=O) groups is 2. The topological polar surface area (TPSA) is 102 Å². The number of unbranched alkanes of at least 4 members (excludes halogenated alkanes) is 2. The van der Waals surface area contributed by atoms with Crippen molar-refractivity contribution >= 4 is 34.4 Å². The number of halogens is 1. The van der Waals surface area contributed by atoms with Crippen molar-refractivity contribution in [2.75, 3.05) is 26.0 Å². The number of ketones is 1. The van der Waals surface area contributed by atoms with Gasteiger partial charge in [0.15, 0.2) is 5.78 Å². The second kappa shape index (κ2) is 11.6. The summed E-state index contributed by atoms with van der Waals surface area (Å²) in [6, 6.07) is 8.64. The van der Waals surface area contributed by atoms with Gasteiger partial charge in [-0.25, -0.2) is 9.18 Å². The van der Waals surface area contributed by atoms with Crippen molar-refractivity contribution < 1.29 is 19.1 Å². The molecular formula is C27H30FN3O4. The average molecular weight is 480 g/mol. The van der Waals surface area contributed by atoms with Crippen LogP contribution in [-0.4, -0.2) is 47.4 Å². The van der Waals surface area contributed by atoms with E-state index in [-0.39, 0.29) is 11.1 Å². The number of hydrogen-bond acceptors (Lipinski definition) is 5. The summed E-state index contributed by atoms with van der Waals surface area (Å²) in [6.45, 7) is 3.51. The van der Waals surface area contributed by atoms with Crippen LogP contribution in [0.4, 0.5) is 10.1 Å². The highest BCUT2D eigenvalue weighted by Gasteiger charge is 2.14. The minimum Gasteiger partial charge on any atom is -0.478 e. The zero-order chi connectivity index (χ0) is 25.5. The zero-order valence-electron chi connectivity index (χ0n) is 20.2. The molecule has 1 heterocycles. The molecule has 0 radical (unpaired) electrons. The molecule has 3 N–H and O–H groups in total. The largest absolute Gasteiger partial charge is 0.478 e. The van der Waals surface area contributed by atoms with Crippen LogP contribution in [0, 0.1) is 5.82 Å². The first-order chi connectivity index (χ1) is 16.7. The Morgan fingerprint density at radius 2 is 1.94 bits per heavy atom. The summed E-state index contributed by atoms with van der Waals surface area (Å²) in [4.78, 5) is 41.7. The van der Waals surface area contributed by atoms with Crippen molar-refractivity contribution in [2.24, 2.45) is 0 Å². The molecule has 0 spiro atoms. The van der Waals surface area contributed by atoms with E-state index in [2.05, 4.69) is 22.1 Å². The van der Waals surface area contributed by atoms with Gasteiger partial charge in [0.1, 0.15) is 5.82 Å². The van der Waals surface area contributed by atoms with E-state index < -0.39 is 23.1 Å². The van der Waals surface area contributed by atoms with E-state index in [1.807, 2.05) is 7.05 Å². The number of hydrogen-bond donors (Lipinski definition) is 3. The molecule has 0 bridgehead atoms. The lowest BCUT2D eigenvalue weighted by molar-refractivity contribution is 0.0696. The van der Waals surface area contributed by atoms with E-state index in [4.69, 9.17) is 0 Å². The number of carboxylic acids is 1. The Morgan fingerprint density at radius 1 is 1.17 bits per heavy atom. The molecule has 3 rings (SSSR count). The standard InChI is InChI=1S/C27H30FN3O4/c1-4-5-6-11-31(3)16-20-12-18(27(34)35)8-7-17(20)9-10-24(32)22-14-19-13-21(28)15-23(29-2)25(19)30-26(22)33/h7-10,12-15,29H,4-6,11,16H2,1-3H3,(H,30,33)(H,34,35)/b10-9+. The number of aromatic carboxylic acids is 1. The summed E-state index contributed by atoms with van der Waals surface area (Å²) >= 11 is 0. The van der Waals surface area contributed by atoms with E-state index in [1.165, 1.54) is 30.3 Å². The van der Waals surface area contributed by atoms with Gasteiger partial charge in [-0.3, -0.25) is 9.59 Å². The van der Waals surface area contributed by atoms with Gasteiger partial charge in [0.05, 0.1) is 22.3 Å². The summed E-state index contributed by atoms with van der Waals surface area (Å²) in [5.74, 6) is -2.05. The predicted octanol–water partition coefficient (Wildman–Crippen LogP) is 4.93. The molecule has 0 saturated heterocycles. The number of benzene rings is 2. The third kappa shape index (κ3) is 6.42. The van der Waals surface area contributed by atoms with Crippen molar-refractivity contribution in [1.82, 2.24) is 9.88 Å². The van der Waals surface area contributed by atoms with Crippen molar-refractivity contribution in [3.8, 4) is 0 Å². The highest BCUT2D eigenvalue weighted by Crippen LogP contribution is 2.23. The lowest BCUT2D eigenvalue weighted by Crippen LogP contribution is -2.20. The molecule has 3 aromatic rings. The second-order valence-corrected chi connectivity index (χ2v) is 8.54. The molecule has 0 fully saturated rings. The summed E-state index contributed by atoms with van der Waals surface area (Å²) in [5, 5.41) is 12.6. The lowest BCUT2D eigenvalue weighted by Gasteiger charge is -2.18. The van der Waals surface area contributed by atoms with Gasteiger partial charge in [-0.2, -0.15) is 0 Å². The molecule has 2 aromatic carbocycles. The van der Waals surface area contributed by atoms with Gasteiger partial charge < -0.3 is 20.3 Å². The first kappa shape index (κ1) is 25.8. The molecular weight excluding hydrogens is 449 g/mol. The maximum absolute atomic E-state index is 13.9.